The monoisotopic (exact) mass is 296 g/mol. The van der Waals surface area contributed by atoms with E-state index in [2.05, 4.69) is 12.3 Å². The maximum absolute atomic E-state index is 6.24. The molecule has 4 nitrogen and oxygen atoms in total. The van der Waals surface area contributed by atoms with Crippen LogP contribution in [0.2, 0.25) is 0 Å². The van der Waals surface area contributed by atoms with Gasteiger partial charge in [0.2, 0.25) is 0 Å². The van der Waals surface area contributed by atoms with Crippen LogP contribution in [0.25, 0.3) is 0 Å². The molecule has 0 aromatic carbocycles. The highest BCUT2D eigenvalue weighted by Gasteiger charge is 2.46. The minimum absolute atomic E-state index is 0.106. The van der Waals surface area contributed by atoms with E-state index < -0.39 is 0 Å². The van der Waals surface area contributed by atoms with E-state index in [0.29, 0.717) is 5.92 Å². The SMILES string of the molecule is CC1(C(NN)C2CCOC3(CCCCC3)C2)CCCCO1. The molecule has 2 aliphatic heterocycles. The summed E-state index contributed by atoms with van der Waals surface area (Å²) in [7, 11) is 0. The van der Waals surface area contributed by atoms with Crippen molar-refractivity contribution in [3.8, 4) is 0 Å². The third-order valence-corrected chi connectivity index (χ3v) is 6.10. The van der Waals surface area contributed by atoms with Crippen molar-refractivity contribution in [2.75, 3.05) is 13.2 Å². The Hall–Kier alpha value is -0.160. The third kappa shape index (κ3) is 3.29. The van der Waals surface area contributed by atoms with Crippen LogP contribution in [0.5, 0.6) is 0 Å². The van der Waals surface area contributed by atoms with Crippen molar-refractivity contribution in [1.29, 1.82) is 0 Å². The summed E-state index contributed by atoms with van der Waals surface area (Å²) in [6.07, 6.45) is 12.3. The van der Waals surface area contributed by atoms with Crippen molar-refractivity contribution >= 4 is 0 Å². The number of hydrogen-bond donors (Lipinski definition) is 2. The van der Waals surface area contributed by atoms with Crippen LogP contribution in [0.1, 0.15) is 71.1 Å². The zero-order valence-electron chi connectivity index (χ0n) is 13.5. The van der Waals surface area contributed by atoms with E-state index in [9.17, 15) is 0 Å². The molecule has 0 amide bonds. The maximum atomic E-state index is 6.24. The molecule has 3 aliphatic rings. The molecule has 1 aliphatic carbocycles. The average Bonchev–Trinajstić information content (AvgIpc) is 2.49. The molecule has 122 valence electrons. The highest BCUT2D eigenvalue weighted by atomic mass is 16.5. The molecule has 2 saturated heterocycles. The van der Waals surface area contributed by atoms with Gasteiger partial charge in [0.25, 0.3) is 0 Å². The zero-order chi connectivity index (χ0) is 14.8. The van der Waals surface area contributed by atoms with E-state index in [0.717, 1.165) is 32.5 Å². The lowest BCUT2D eigenvalue weighted by Gasteiger charge is -2.50. The molecule has 2 heterocycles. The lowest BCUT2D eigenvalue weighted by molar-refractivity contribution is -0.150. The van der Waals surface area contributed by atoms with Gasteiger partial charge in [0.15, 0.2) is 0 Å². The van der Waals surface area contributed by atoms with Gasteiger partial charge in [-0.2, -0.15) is 0 Å². The molecule has 3 rings (SSSR count). The minimum atomic E-state index is -0.106. The Morgan fingerprint density at radius 1 is 1.00 bits per heavy atom. The molecule has 4 heteroatoms. The van der Waals surface area contributed by atoms with Gasteiger partial charge in [0, 0.05) is 13.2 Å². The molecular formula is C17H32N2O2. The summed E-state index contributed by atoms with van der Waals surface area (Å²) in [5.74, 6) is 6.54. The van der Waals surface area contributed by atoms with Crippen LogP contribution in [-0.4, -0.2) is 30.5 Å². The van der Waals surface area contributed by atoms with Crippen LogP contribution in [0.3, 0.4) is 0 Å². The molecule has 0 bridgehead atoms. The van der Waals surface area contributed by atoms with Gasteiger partial charge < -0.3 is 9.47 Å². The van der Waals surface area contributed by atoms with Crippen LogP contribution >= 0.6 is 0 Å². The summed E-state index contributed by atoms with van der Waals surface area (Å²) in [6.45, 7) is 4.02. The van der Waals surface area contributed by atoms with Gasteiger partial charge in [-0.15, -0.1) is 0 Å². The topological polar surface area (TPSA) is 56.5 Å². The molecule has 3 unspecified atom stereocenters. The van der Waals surface area contributed by atoms with Gasteiger partial charge in [0.05, 0.1) is 17.2 Å². The van der Waals surface area contributed by atoms with Crippen molar-refractivity contribution in [3.05, 3.63) is 0 Å². The first kappa shape index (κ1) is 15.7. The summed E-state index contributed by atoms with van der Waals surface area (Å²) >= 11 is 0. The zero-order valence-corrected chi connectivity index (χ0v) is 13.5. The second-order valence-corrected chi connectivity index (χ2v) is 7.61. The second kappa shape index (κ2) is 6.53. The molecule has 1 spiro atoms. The average molecular weight is 296 g/mol. The number of rotatable bonds is 3. The van der Waals surface area contributed by atoms with Crippen LogP contribution in [0, 0.1) is 5.92 Å². The molecule has 1 saturated carbocycles. The van der Waals surface area contributed by atoms with E-state index in [1.54, 1.807) is 0 Å². The Labute approximate surface area is 129 Å². The highest BCUT2D eigenvalue weighted by molar-refractivity contribution is 4.99. The lowest BCUT2D eigenvalue weighted by atomic mass is 9.70. The first-order chi connectivity index (χ1) is 10.2. The molecule has 3 atom stereocenters. The summed E-state index contributed by atoms with van der Waals surface area (Å²) in [5, 5.41) is 0. The summed E-state index contributed by atoms with van der Waals surface area (Å²) in [5.41, 5.74) is 3.16. The quantitative estimate of drug-likeness (QED) is 0.621. The normalized spacial score (nSPS) is 38.3. The standard InChI is InChI=1S/C17H32N2O2/c1-16(8-5-6-11-20-16)15(19-18)14-7-12-21-17(13-14)9-3-2-4-10-17/h14-15,19H,2-13,18H2,1H3. The van der Waals surface area contributed by atoms with Crippen molar-refractivity contribution in [2.45, 2.75) is 88.4 Å². The Bertz CT molecular complexity index is 330. The van der Waals surface area contributed by atoms with Crippen LogP contribution in [0.4, 0.5) is 0 Å². The molecule has 3 fully saturated rings. The van der Waals surface area contributed by atoms with E-state index in [-0.39, 0.29) is 17.2 Å². The minimum Gasteiger partial charge on any atom is -0.375 e. The number of ether oxygens (including phenoxy) is 2. The van der Waals surface area contributed by atoms with E-state index in [1.807, 2.05) is 0 Å². The number of nitrogens with two attached hydrogens (primary N) is 1. The predicted molar refractivity (Wildman–Crippen MR) is 83.8 cm³/mol. The van der Waals surface area contributed by atoms with Crippen LogP contribution in [0.15, 0.2) is 0 Å². The highest BCUT2D eigenvalue weighted by Crippen LogP contribution is 2.44. The van der Waals surface area contributed by atoms with E-state index >= 15 is 0 Å². The van der Waals surface area contributed by atoms with Crippen LogP contribution < -0.4 is 11.3 Å². The first-order valence-electron chi connectivity index (χ1n) is 8.92. The number of nitrogens with one attached hydrogen (secondary N) is 1. The molecule has 0 aromatic rings. The smallest absolute Gasteiger partial charge is 0.0822 e. The third-order valence-electron chi connectivity index (χ3n) is 6.10. The van der Waals surface area contributed by atoms with Crippen molar-refractivity contribution < 1.29 is 9.47 Å². The Morgan fingerprint density at radius 3 is 2.43 bits per heavy atom. The van der Waals surface area contributed by atoms with Gasteiger partial charge in [-0.1, -0.05) is 19.3 Å². The Balaban J connectivity index is 1.71. The Kier molecular flexibility index (Phi) is 4.89. The molecular weight excluding hydrogens is 264 g/mol. The number of hydrogen-bond acceptors (Lipinski definition) is 4. The first-order valence-corrected chi connectivity index (χ1v) is 8.92. The van der Waals surface area contributed by atoms with Crippen molar-refractivity contribution in [3.63, 3.8) is 0 Å². The fourth-order valence-corrected chi connectivity index (χ4v) is 4.91. The molecule has 21 heavy (non-hydrogen) atoms. The fraction of sp³-hybridized carbons (Fsp3) is 1.00. The second-order valence-electron chi connectivity index (χ2n) is 7.61. The summed E-state index contributed by atoms with van der Waals surface area (Å²) < 4.78 is 12.4. The van der Waals surface area contributed by atoms with Gasteiger partial charge in [-0.3, -0.25) is 11.3 Å². The summed E-state index contributed by atoms with van der Waals surface area (Å²) in [4.78, 5) is 0. The van der Waals surface area contributed by atoms with Gasteiger partial charge in [-0.05, 0) is 57.8 Å². The van der Waals surface area contributed by atoms with Crippen molar-refractivity contribution in [2.24, 2.45) is 11.8 Å². The fourth-order valence-electron chi connectivity index (χ4n) is 4.91. The predicted octanol–water partition coefficient (Wildman–Crippen LogP) is 2.91. The Morgan fingerprint density at radius 2 is 1.76 bits per heavy atom. The molecule has 0 aromatic heterocycles. The van der Waals surface area contributed by atoms with Gasteiger partial charge in [0.1, 0.15) is 0 Å². The number of hydrazine groups is 1. The van der Waals surface area contributed by atoms with E-state index in [1.165, 1.54) is 44.9 Å². The van der Waals surface area contributed by atoms with Crippen molar-refractivity contribution in [1.82, 2.24) is 5.43 Å². The molecule has 0 radical (unpaired) electrons. The van der Waals surface area contributed by atoms with Gasteiger partial charge in [-0.25, -0.2) is 0 Å². The van der Waals surface area contributed by atoms with E-state index in [4.69, 9.17) is 15.3 Å². The summed E-state index contributed by atoms with van der Waals surface area (Å²) in [6, 6.07) is 0.250. The van der Waals surface area contributed by atoms with Crippen LogP contribution in [-0.2, 0) is 9.47 Å². The maximum Gasteiger partial charge on any atom is 0.0822 e. The van der Waals surface area contributed by atoms with Gasteiger partial charge >= 0.3 is 0 Å². The molecule has 3 N–H and O–H groups in total. The lowest BCUT2D eigenvalue weighted by Crippen LogP contribution is -2.60. The largest absolute Gasteiger partial charge is 0.375 e.